The quantitative estimate of drug-likeness (QED) is 0.578. The van der Waals surface area contributed by atoms with Crippen molar-refractivity contribution in [1.82, 2.24) is 29.4 Å². The molecule has 1 N–H and O–H groups in total. The largest absolute Gasteiger partial charge is 0.321 e. The average molecular weight is 472 g/mol. The summed E-state index contributed by atoms with van der Waals surface area (Å²) < 4.78 is 27.9. The first-order valence-corrected chi connectivity index (χ1v) is 12.1. The molecule has 3 aromatic rings. The fraction of sp³-hybridized carbons (Fsp3) is 0.467. The lowest BCUT2D eigenvalue weighted by Crippen LogP contribution is -2.14. The van der Waals surface area contributed by atoms with Gasteiger partial charge >= 0.3 is 0 Å². The molecule has 0 saturated carbocycles. The monoisotopic (exact) mass is 471 g/mol. The molecule has 0 aliphatic carbocycles. The third kappa shape index (κ3) is 3.34. The summed E-state index contributed by atoms with van der Waals surface area (Å²) in [5.41, 5.74) is 3.12. The number of nitrogens with zero attached hydrogens (tertiary/aromatic N) is 6. The number of anilines is 2. The van der Waals surface area contributed by atoms with Crippen molar-refractivity contribution in [2.45, 2.75) is 31.5 Å². The van der Waals surface area contributed by atoms with Crippen LogP contribution in [0.25, 0.3) is 5.65 Å². The molecule has 1 fully saturated rings. The molecular formula is C15H18BrN7O2S2. The van der Waals surface area contributed by atoms with E-state index in [-0.39, 0.29) is 17.5 Å². The Kier molecular flexibility index (Phi) is 4.67. The van der Waals surface area contributed by atoms with Crippen LogP contribution in [0.5, 0.6) is 0 Å². The summed E-state index contributed by atoms with van der Waals surface area (Å²) in [6, 6.07) is -0.129. The van der Waals surface area contributed by atoms with Gasteiger partial charge in [0, 0.05) is 0 Å². The minimum absolute atomic E-state index is 0.129. The van der Waals surface area contributed by atoms with Crippen LogP contribution in [0.2, 0.25) is 0 Å². The van der Waals surface area contributed by atoms with Crippen LogP contribution in [0.1, 0.15) is 23.9 Å². The van der Waals surface area contributed by atoms with Gasteiger partial charge in [0.2, 0.25) is 5.95 Å². The van der Waals surface area contributed by atoms with Crippen LogP contribution >= 0.6 is 27.7 Å². The van der Waals surface area contributed by atoms with Gasteiger partial charge in [-0.3, -0.25) is 4.68 Å². The predicted octanol–water partition coefficient (Wildman–Crippen LogP) is 2.53. The second kappa shape index (κ2) is 6.74. The van der Waals surface area contributed by atoms with Gasteiger partial charge in [-0.05, 0) is 42.5 Å². The van der Waals surface area contributed by atoms with E-state index in [1.807, 2.05) is 24.8 Å². The molecule has 3 aromatic heterocycles. The van der Waals surface area contributed by atoms with E-state index < -0.39 is 9.84 Å². The molecule has 0 bridgehead atoms. The minimum atomic E-state index is -2.98. The highest BCUT2D eigenvalue weighted by Gasteiger charge is 2.31. The number of halogens is 1. The Hall–Kier alpha value is -1.66. The first kappa shape index (κ1) is 18.7. The van der Waals surface area contributed by atoms with Gasteiger partial charge in [0.1, 0.15) is 0 Å². The van der Waals surface area contributed by atoms with Gasteiger partial charge in [0.05, 0.1) is 45.3 Å². The standard InChI is InChI=1S/C15H18BrN7O2S2/c1-8-12(9(2)22(21-8)10-4-5-27(24,25)7-10)18-14-20-15(26-3)19-13-11(16)6-17-23(13)14/h6,10H,4-5,7H2,1-3H3,(H,18,19,20). The van der Waals surface area contributed by atoms with E-state index >= 15 is 0 Å². The molecular weight excluding hydrogens is 454 g/mol. The maximum atomic E-state index is 11.8. The zero-order chi connectivity index (χ0) is 19.3. The van der Waals surface area contributed by atoms with Crippen LogP contribution in [0.4, 0.5) is 11.6 Å². The van der Waals surface area contributed by atoms with E-state index in [2.05, 4.69) is 41.4 Å². The molecule has 12 heteroatoms. The van der Waals surface area contributed by atoms with Crippen LogP contribution in [-0.2, 0) is 9.84 Å². The third-order valence-electron chi connectivity index (χ3n) is 4.60. The van der Waals surface area contributed by atoms with E-state index in [0.29, 0.717) is 23.2 Å². The summed E-state index contributed by atoms with van der Waals surface area (Å²) in [7, 11) is -2.98. The number of thioether (sulfide) groups is 1. The van der Waals surface area contributed by atoms with Crippen molar-refractivity contribution in [2.24, 2.45) is 0 Å². The summed E-state index contributed by atoms with van der Waals surface area (Å²) in [6.07, 6.45) is 4.17. The number of aromatic nitrogens is 6. The van der Waals surface area contributed by atoms with Crippen molar-refractivity contribution < 1.29 is 8.42 Å². The molecule has 0 radical (unpaired) electrons. The molecule has 0 aromatic carbocycles. The molecule has 4 rings (SSSR count). The van der Waals surface area contributed by atoms with Crippen LogP contribution < -0.4 is 5.32 Å². The third-order valence-corrected chi connectivity index (χ3v) is 7.46. The number of aryl methyl sites for hydroxylation is 1. The highest BCUT2D eigenvalue weighted by Crippen LogP contribution is 2.31. The Balaban J connectivity index is 1.75. The van der Waals surface area contributed by atoms with Crippen LogP contribution in [-0.4, -0.2) is 55.5 Å². The van der Waals surface area contributed by atoms with Gasteiger partial charge in [0.15, 0.2) is 20.6 Å². The summed E-state index contributed by atoms with van der Waals surface area (Å²) >= 11 is 4.90. The summed E-state index contributed by atoms with van der Waals surface area (Å²) in [6.45, 7) is 3.82. The van der Waals surface area contributed by atoms with E-state index in [1.165, 1.54) is 11.8 Å². The molecule has 1 saturated heterocycles. The number of fused-ring (bicyclic) bond motifs is 1. The van der Waals surface area contributed by atoms with E-state index in [1.54, 1.807) is 10.7 Å². The smallest absolute Gasteiger partial charge is 0.233 e. The SMILES string of the molecule is CSc1nc(Nc2c(C)nn(C3CCS(=O)(=O)C3)c2C)n2ncc(Br)c2n1. The Morgan fingerprint density at radius 3 is 2.78 bits per heavy atom. The molecule has 144 valence electrons. The molecule has 1 atom stereocenters. The second-order valence-corrected chi connectivity index (χ2v) is 10.3. The van der Waals surface area contributed by atoms with Gasteiger partial charge < -0.3 is 5.32 Å². The normalized spacial score (nSPS) is 19.0. The van der Waals surface area contributed by atoms with Gasteiger partial charge in [-0.15, -0.1) is 0 Å². The zero-order valence-electron chi connectivity index (χ0n) is 15.0. The maximum Gasteiger partial charge on any atom is 0.233 e. The number of hydrogen-bond donors (Lipinski definition) is 1. The van der Waals surface area contributed by atoms with E-state index in [0.717, 1.165) is 21.5 Å². The van der Waals surface area contributed by atoms with Crippen molar-refractivity contribution in [1.29, 1.82) is 0 Å². The van der Waals surface area contributed by atoms with Crippen LogP contribution in [0.3, 0.4) is 0 Å². The lowest BCUT2D eigenvalue weighted by atomic mass is 10.2. The number of sulfone groups is 1. The van der Waals surface area contributed by atoms with Gasteiger partial charge in [0.25, 0.3) is 0 Å². The van der Waals surface area contributed by atoms with Crippen molar-refractivity contribution in [2.75, 3.05) is 23.1 Å². The predicted molar refractivity (Wildman–Crippen MR) is 108 cm³/mol. The first-order chi connectivity index (χ1) is 12.8. The average Bonchev–Trinajstić information content (AvgIpc) is 3.26. The maximum absolute atomic E-state index is 11.8. The van der Waals surface area contributed by atoms with Crippen molar-refractivity contribution in [3.8, 4) is 0 Å². The summed E-state index contributed by atoms with van der Waals surface area (Å²) in [4.78, 5) is 8.99. The highest BCUT2D eigenvalue weighted by molar-refractivity contribution is 9.10. The fourth-order valence-corrected chi connectivity index (χ4v) is 5.68. The number of hydrogen-bond acceptors (Lipinski definition) is 8. The molecule has 9 nitrogen and oxygen atoms in total. The molecule has 1 aliphatic heterocycles. The molecule has 1 unspecified atom stereocenters. The van der Waals surface area contributed by atoms with Gasteiger partial charge in [-0.25, -0.2) is 13.4 Å². The summed E-state index contributed by atoms with van der Waals surface area (Å²) in [5.74, 6) is 0.873. The van der Waals surface area contributed by atoms with Crippen molar-refractivity contribution in [3.05, 3.63) is 22.1 Å². The molecule has 1 aliphatic rings. The van der Waals surface area contributed by atoms with Gasteiger partial charge in [-0.2, -0.15) is 19.7 Å². The Labute approximate surface area is 169 Å². The summed E-state index contributed by atoms with van der Waals surface area (Å²) in [5, 5.41) is 12.8. The fourth-order valence-electron chi connectivity index (χ4n) is 3.28. The van der Waals surface area contributed by atoms with E-state index in [4.69, 9.17) is 0 Å². The Bertz CT molecular complexity index is 1140. The molecule has 27 heavy (non-hydrogen) atoms. The number of rotatable bonds is 4. The highest BCUT2D eigenvalue weighted by atomic mass is 79.9. The first-order valence-electron chi connectivity index (χ1n) is 8.27. The molecule has 4 heterocycles. The number of nitrogens with one attached hydrogen (secondary N) is 1. The molecule has 0 spiro atoms. The minimum Gasteiger partial charge on any atom is -0.321 e. The Morgan fingerprint density at radius 1 is 1.33 bits per heavy atom. The second-order valence-electron chi connectivity index (χ2n) is 6.43. The van der Waals surface area contributed by atoms with E-state index in [9.17, 15) is 8.42 Å². The molecule has 0 amide bonds. The van der Waals surface area contributed by atoms with Crippen molar-refractivity contribution >= 4 is 54.8 Å². The van der Waals surface area contributed by atoms with Crippen LogP contribution in [0, 0.1) is 13.8 Å². The van der Waals surface area contributed by atoms with Crippen molar-refractivity contribution in [3.63, 3.8) is 0 Å². The lowest BCUT2D eigenvalue weighted by molar-refractivity contribution is 0.486. The Morgan fingerprint density at radius 2 is 2.11 bits per heavy atom. The van der Waals surface area contributed by atoms with Crippen LogP contribution in [0.15, 0.2) is 15.8 Å². The lowest BCUT2D eigenvalue weighted by Gasteiger charge is -2.12. The van der Waals surface area contributed by atoms with Gasteiger partial charge in [-0.1, -0.05) is 11.8 Å². The topological polar surface area (TPSA) is 107 Å². The zero-order valence-corrected chi connectivity index (χ0v) is 18.2.